The largest absolute Gasteiger partial charge is 0.497 e. The van der Waals surface area contributed by atoms with Crippen LogP contribution in [0.4, 0.5) is 8.78 Å². The molecule has 21 heavy (non-hydrogen) atoms. The van der Waals surface area contributed by atoms with Crippen molar-refractivity contribution in [3.05, 3.63) is 65.2 Å². The summed E-state index contributed by atoms with van der Waals surface area (Å²) in [5.74, 6) is -0.789. The van der Waals surface area contributed by atoms with E-state index in [1.807, 2.05) is 31.2 Å². The summed E-state index contributed by atoms with van der Waals surface area (Å²) in [5.41, 5.74) is 1.93. The molecule has 0 radical (unpaired) electrons. The molecule has 0 saturated heterocycles. The number of methoxy groups -OCH3 is 1. The molecular weight excluding hydrogens is 272 g/mol. The van der Waals surface area contributed by atoms with E-state index in [2.05, 4.69) is 5.32 Å². The summed E-state index contributed by atoms with van der Waals surface area (Å²) in [6, 6.07) is 11.8. The van der Waals surface area contributed by atoms with Crippen LogP contribution >= 0.6 is 0 Å². The molecule has 0 aliphatic rings. The Bertz CT molecular complexity index is 584. The fourth-order valence-electron chi connectivity index (χ4n) is 2.12. The third-order valence-electron chi connectivity index (χ3n) is 3.47. The van der Waals surface area contributed by atoms with Gasteiger partial charge in [0.1, 0.15) is 5.75 Å². The summed E-state index contributed by atoms with van der Waals surface area (Å²) >= 11 is 0. The summed E-state index contributed by atoms with van der Waals surface area (Å²) < 4.78 is 31.2. The number of nitrogens with one attached hydrogen (secondary N) is 1. The van der Waals surface area contributed by atoms with Gasteiger partial charge in [-0.05, 0) is 55.3 Å². The Hall–Kier alpha value is -1.94. The average molecular weight is 291 g/mol. The summed E-state index contributed by atoms with van der Waals surface area (Å²) in [4.78, 5) is 0. The van der Waals surface area contributed by atoms with Gasteiger partial charge in [-0.25, -0.2) is 8.78 Å². The fraction of sp³-hybridized carbons (Fsp3) is 0.294. The van der Waals surface area contributed by atoms with Crippen molar-refractivity contribution in [1.82, 2.24) is 5.32 Å². The smallest absolute Gasteiger partial charge is 0.159 e. The van der Waals surface area contributed by atoms with Gasteiger partial charge in [0.05, 0.1) is 7.11 Å². The Labute approximate surface area is 123 Å². The minimum Gasteiger partial charge on any atom is -0.497 e. The summed E-state index contributed by atoms with van der Waals surface area (Å²) in [7, 11) is 1.64. The van der Waals surface area contributed by atoms with E-state index in [4.69, 9.17) is 4.74 Å². The highest BCUT2D eigenvalue weighted by molar-refractivity contribution is 5.27. The van der Waals surface area contributed by atoms with Crippen molar-refractivity contribution in [3.63, 3.8) is 0 Å². The van der Waals surface area contributed by atoms with Gasteiger partial charge in [-0.15, -0.1) is 0 Å². The first-order valence-electron chi connectivity index (χ1n) is 6.91. The molecule has 0 aliphatic carbocycles. The van der Waals surface area contributed by atoms with Crippen LogP contribution in [0.15, 0.2) is 42.5 Å². The maximum absolute atomic E-state index is 13.2. The first-order chi connectivity index (χ1) is 10.1. The van der Waals surface area contributed by atoms with Crippen molar-refractivity contribution < 1.29 is 13.5 Å². The molecule has 1 N–H and O–H groups in total. The maximum Gasteiger partial charge on any atom is 0.159 e. The number of hydrogen-bond acceptors (Lipinski definition) is 2. The zero-order valence-electron chi connectivity index (χ0n) is 12.2. The lowest BCUT2D eigenvalue weighted by atomic mass is 10.1. The monoisotopic (exact) mass is 291 g/mol. The van der Waals surface area contributed by atoms with Gasteiger partial charge in [0.15, 0.2) is 11.6 Å². The molecule has 0 heterocycles. The van der Waals surface area contributed by atoms with Crippen molar-refractivity contribution in [2.75, 3.05) is 13.7 Å². The minimum absolute atomic E-state index is 0.0293. The molecule has 0 fully saturated rings. The van der Waals surface area contributed by atoms with Gasteiger partial charge in [0.25, 0.3) is 0 Å². The first-order valence-corrected chi connectivity index (χ1v) is 6.91. The van der Waals surface area contributed by atoms with Crippen LogP contribution in [0.2, 0.25) is 0 Å². The van der Waals surface area contributed by atoms with Crippen LogP contribution in [0.5, 0.6) is 5.75 Å². The van der Waals surface area contributed by atoms with Gasteiger partial charge in [0, 0.05) is 6.04 Å². The van der Waals surface area contributed by atoms with E-state index < -0.39 is 11.6 Å². The molecule has 2 aromatic rings. The van der Waals surface area contributed by atoms with Crippen molar-refractivity contribution in [1.29, 1.82) is 0 Å². The molecule has 112 valence electrons. The Morgan fingerprint density at radius 3 is 2.38 bits per heavy atom. The molecular formula is C17H19F2NO. The van der Waals surface area contributed by atoms with E-state index in [0.717, 1.165) is 30.3 Å². The van der Waals surface area contributed by atoms with E-state index in [9.17, 15) is 8.78 Å². The standard InChI is InChI=1S/C17H19F2NO/c1-12(14-5-8-16(18)17(19)11-14)20-10-9-13-3-6-15(21-2)7-4-13/h3-8,11-12,20H,9-10H2,1-2H3. The molecule has 4 heteroatoms. The first kappa shape index (κ1) is 15.4. The third kappa shape index (κ3) is 4.26. The van der Waals surface area contributed by atoms with Gasteiger partial charge in [-0.3, -0.25) is 0 Å². The fourth-order valence-corrected chi connectivity index (χ4v) is 2.12. The highest BCUT2D eigenvalue weighted by atomic mass is 19.2. The van der Waals surface area contributed by atoms with Crippen LogP contribution in [-0.4, -0.2) is 13.7 Å². The molecule has 1 unspecified atom stereocenters. The van der Waals surface area contributed by atoms with E-state index in [1.54, 1.807) is 13.2 Å². The molecule has 2 nitrogen and oxygen atoms in total. The zero-order chi connectivity index (χ0) is 15.2. The number of hydrogen-bond donors (Lipinski definition) is 1. The quantitative estimate of drug-likeness (QED) is 0.872. The van der Waals surface area contributed by atoms with Crippen LogP contribution in [0.3, 0.4) is 0 Å². The Balaban J connectivity index is 1.85. The molecule has 0 amide bonds. The summed E-state index contributed by atoms with van der Waals surface area (Å²) in [6.45, 7) is 2.69. The van der Waals surface area contributed by atoms with Crippen molar-refractivity contribution in [2.24, 2.45) is 0 Å². The van der Waals surface area contributed by atoms with Crippen molar-refractivity contribution in [3.8, 4) is 5.75 Å². The second kappa shape index (κ2) is 7.18. The minimum atomic E-state index is -0.816. The predicted octanol–water partition coefficient (Wildman–Crippen LogP) is 3.87. The SMILES string of the molecule is COc1ccc(CCNC(C)c2ccc(F)c(F)c2)cc1. The number of halogens is 2. The van der Waals surface area contributed by atoms with Crippen LogP contribution < -0.4 is 10.1 Å². The van der Waals surface area contributed by atoms with E-state index in [0.29, 0.717) is 0 Å². The normalized spacial score (nSPS) is 12.2. The van der Waals surface area contributed by atoms with Crippen molar-refractivity contribution in [2.45, 2.75) is 19.4 Å². The molecule has 2 aromatic carbocycles. The van der Waals surface area contributed by atoms with Gasteiger partial charge in [-0.2, -0.15) is 0 Å². The molecule has 2 rings (SSSR count). The van der Waals surface area contributed by atoms with Crippen molar-refractivity contribution >= 4 is 0 Å². The van der Waals surface area contributed by atoms with Crippen LogP contribution in [0.1, 0.15) is 24.1 Å². The number of ether oxygens (including phenoxy) is 1. The van der Waals surface area contributed by atoms with Gasteiger partial charge in [0.2, 0.25) is 0 Å². The lowest BCUT2D eigenvalue weighted by molar-refractivity contribution is 0.414. The van der Waals surface area contributed by atoms with Crippen LogP contribution in [0.25, 0.3) is 0 Å². The van der Waals surface area contributed by atoms with Gasteiger partial charge in [-0.1, -0.05) is 18.2 Å². The van der Waals surface area contributed by atoms with E-state index in [-0.39, 0.29) is 6.04 Å². The predicted molar refractivity (Wildman–Crippen MR) is 79.5 cm³/mol. The molecule has 1 atom stereocenters. The van der Waals surface area contributed by atoms with E-state index >= 15 is 0 Å². The Kier molecular flexibility index (Phi) is 5.28. The number of benzene rings is 2. The lowest BCUT2D eigenvalue weighted by Gasteiger charge is -2.14. The molecule has 0 aromatic heterocycles. The van der Waals surface area contributed by atoms with E-state index in [1.165, 1.54) is 11.6 Å². The Morgan fingerprint density at radius 1 is 1.05 bits per heavy atom. The lowest BCUT2D eigenvalue weighted by Crippen LogP contribution is -2.21. The topological polar surface area (TPSA) is 21.3 Å². The number of rotatable bonds is 6. The second-order valence-corrected chi connectivity index (χ2v) is 4.95. The molecule has 0 aliphatic heterocycles. The van der Waals surface area contributed by atoms with Gasteiger partial charge < -0.3 is 10.1 Å². The summed E-state index contributed by atoms with van der Waals surface area (Å²) in [5, 5.41) is 3.30. The highest BCUT2D eigenvalue weighted by Crippen LogP contribution is 2.16. The third-order valence-corrected chi connectivity index (χ3v) is 3.47. The molecule has 0 spiro atoms. The molecule has 0 bridgehead atoms. The average Bonchev–Trinajstić information content (AvgIpc) is 2.50. The maximum atomic E-state index is 13.2. The zero-order valence-corrected chi connectivity index (χ0v) is 12.2. The second-order valence-electron chi connectivity index (χ2n) is 4.95. The van der Waals surface area contributed by atoms with Crippen LogP contribution in [-0.2, 0) is 6.42 Å². The van der Waals surface area contributed by atoms with Crippen LogP contribution in [0, 0.1) is 11.6 Å². The highest BCUT2D eigenvalue weighted by Gasteiger charge is 2.08. The Morgan fingerprint density at radius 2 is 1.76 bits per heavy atom. The molecule has 0 saturated carbocycles. The summed E-state index contributed by atoms with van der Waals surface area (Å²) in [6.07, 6.45) is 0.859. The van der Waals surface area contributed by atoms with Gasteiger partial charge >= 0.3 is 0 Å².